The number of aromatic nitrogens is 4. The second kappa shape index (κ2) is 3.84. The molecule has 19 heavy (non-hydrogen) atoms. The largest absolute Gasteiger partial charge is 0.399 e. The van der Waals surface area contributed by atoms with Gasteiger partial charge in [0.15, 0.2) is 5.82 Å². The van der Waals surface area contributed by atoms with E-state index in [4.69, 9.17) is 5.73 Å². The molecule has 0 amide bonds. The molecule has 0 spiro atoms. The van der Waals surface area contributed by atoms with Gasteiger partial charge in [-0.1, -0.05) is 0 Å². The number of benzene rings is 1. The Morgan fingerprint density at radius 2 is 2.05 bits per heavy atom. The molecule has 2 aromatic heterocycles. The fraction of sp³-hybridized carbons (Fsp3) is 0.0833. The maximum Gasteiger partial charge on any atom is 0.334 e. The van der Waals surface area contributed by atoms with E-state index in [-0.39, 0.29) is 0 Å². The quantitative estimate of drug-likeness (QED) is 0.599. The zero-order valence-electron chi connectivity index (χ0n) is 10.1. The third kappa shape index (κ3) is 1.71. The predicted molar refractivity (Wildman–Crippen MR) is 71.3 cm³/mol. The summed E-state index contributed by atoms with van der Waals surface area (Å²) in [6.45, 7) is 0. The van der Waals surface area contributed by atoms with Crippen molar-refractivity contribution in [1.82, 2.24) is 19.3 Å². The van der Waals surface area contributed by atoms with Gasteiger partial charge in [-0.25, -0.2) is 4.79 Å². The van der Waals surface area contributed by atoms with Crippen molar-refractivity contribution >= 4 is 16.6 Å². The zero-order chi connectivity index (χ0) is 13.6. The highest BCUT2D eigenvalue weighted by molar-refractivity contribution is 5.88. The van der Waals surface area contributed by atoms with Crippen LogP contribution in [0.3, 0.4) is 0 Å². The molecule has 7 heteroatoms. The van der Waals surface area contributed by atoms with Crippen LogP contribution in [0.1, 0.15) is 0 Å². The maximum absolute atomic E-state index is 11.8. The van der Waals surface area contributed by atoms with E-state index in [2.05, 4.69) is 10.1 Å². The lowest BCUT2D eigenvalue weighted by molar-refractivity contribution is 0.759. The van der Waals surface area contributed by atoms with Crippen molar-refractivity contribution in [2.75, 3.05) is 5.73 Å². The topological polar surface area (TPSA) is 98.7 Å². The van der Waals surface area contributed by atoms with E-state index in [1.807, 2.05) is 0 Å². The Morgan fingerprint density at radius 1 is 1.26 bits per heavy atom. The molecule has 3 aromatic rings. The van der Waals surface area contributed by atoms with E-state index in [1.54, 1.807) is 29.9 Å². The van der Waals surface area contributed by atoms with Crippen LogP contribution in [0.2, 0.25) is 0 Å². The number of aryl methyl sites for hydroxylation is 1. The maximum atomic E-state index is 11.8. The van der Waals surface area contributed by atoms with Crippen LogP contribution in [0.4, 0.5) is 5.69 Å². The number of hydrogen-bond donors (Lipinski definition) is 2. The lowest BCUT2D eigenvalue weighted by atomic mass is 10.2. The van der Waals surface area contributed by atoms with E-state index in [0.29, 0.717) is 11.5 Å². The minimum atomic E-state index is -0.524. The Morgan fingerprint density at radius 3 is 2.79 bits per heavy atom. The summed E-state index contributed by atoms with van der Waals surface area (Å²) in [5.74, 6) is 0.457. The fourth-order valence-corrected chi connectivity index (χ4v) is 2.02. The molecule has 0 atom stereocenters. The van der Waals surface area contributed by atoms with Crippen LogP contribution in [0.5, 0.6) is 0 Å². The lowest BCUT2D eigenvalue weighted by Crippen LogP contribution is -2.27. The molecule has 0 aliphatic heterocycles. The van der Waals surface area contributed by atoms with Crippen LogP contribution < -0.4 is 17.0 Å². The van der Waals surface area contributed by atoms with Crippen molar-refractivity contribution in [3.8, 4) is 5.82 Å². The number of anilines is 1. The summed E-state index contributed by atoms with van der Waals surface area (Å²) in [4.78, 5) is 25.1. The molecule has 0 radical (unpaired) electrons. The normalized spacial score (nSPS) is 11.0. The Balaban J connectivity index is 2.37. The van der Waals surface area contributed by atoms with Gasteiger partial charge < -0.3 is 5.73 Å². The number of nitrogens with one attached hydrogen (secondary N) is 1. The van der Waals surface area contributed by atoms with Crippen molar-refractivity contribution < 1.29 is 0 Å². The summed E-state index contributed by atoms with van der Waals surface area (Å²) in [5.41, 5.74) is 6.20. The molecule has 3 N–H and O–H groups in total. The van der Waals surface area contributed by atoms with Crippen LogP contribution in [-0.2, 0) is 7.05 Å². The number of nitrogens with zero attached hydrogens (tertiary/aromatic N) is 3. The molecular weight excluding hydrogens is 246 g/mol. The third-order valence-electron chi connectivity index (χ3n) is 2.91. The molecule has 1 aromatic carbocycles. The SMILES string of the molecule is Cn1nc(-n2ccc(=O)[nH]c2=O)c2ccc(N)cc21. The first-order chi connectivity index (χ1) is 9.06. The number of rotatable bonds is 1. The molecule has 0 saturated carbocycles. The highest BCUT2D eigenvalue weighted by Crippen LogP contribution is 2.22. The monoisotopic (exact) mass is 257 g/mol. The van der Waals surface area contributed by atoms with Crippen molar-refractivity contribution in [1.29, 1.82) is 0 Å². The van der Waals surface area contributed by atoms with Crippen molar-refractivity contribution in [3.05, 3.63) is 51.3 Å². The average molecular weight is 257 g/mol. The van der Waals surface area contributed by atoms with Crippen LogP contribution in [0.15, 0.2) is 40.1 Å². The van der Waals surface area contributed by atoms with Gasteiger partial charge in [0.2, 0.25) is 0 Å². The second-order valence-electron chi connectivity index (χ2n) is 4.20. The van der Waals surface area contributed by atoms with Gasteiger partial charge in [-0.05, 0) is 18.2 Å². The molecule has 0 fully saturated rings. The van der Waals surface area contributed by atoms with E-state index >= 15 is 0 Å². The minimum absolute atomic E-state index is 0.439. The Hall–Kier alpha value is -2.83. The van der Waals surface area contributed by atoms with Crippen LogP contribution >= 0.6 is 0 Å². The van der Waals surface area contributed by atoms with Crippen LogP contribution in [-0.4, -0.2) is 19.3 Å². The molecule has 3 rings (SSSR count). The number of aromatic amines is 1. The first-order valence-corrected chi connectivity index (χ1v) is 5.61. The molecule has 0 aliphatic rings. The first-order valence-electron chi connectivity index (χ1n) is 5.61. The highest BCUT2D eigenvalue weighted by atomic mass is 16.2. The molecule has 0 bridgehead atoms. The van der Waals surface area contributed by atoms with E-state index in [9.17, 15) is 9.59 Å². The van der Waals surface area contributed by atoms with Crippen LogP contribution in [0.25, 0.3) is 16.7 Å². The highest BCUT2D eigenvalue weighted by Gasteiger charge is 2.11. The Bertz CT molecular complexity index is 887. The molecule has 7 nitrogen and oxygen atoms in total. The predicted octanol–water partition coefficient (Wildman–Crippen LogP) is -0.00530. The number of H-pyrrole nitrogens is 1. The summed E-state index contributed by atoms with van der Waals surface area (Å²) >= 11 is 0. The zero-order valence-corrected chi connectivity index (χ0v) is 10.1. The van der Waals surface area contributed by atoms with Gasteiger partial charge in [-0.3, -0.25) is 19.0 Å². The summed E-state index contributed by atoms with van der Waals surface area (Å²) < 4.78 is 2.93. The molecule has 0 aliphatic carbocycles. The van der Waals surface area contributed by atoms with E-state index < -0.39 is 11.2 Å². The standard InChI is InChI=1S/C12H11N5O2/c1-16-9-6-7(13)2-3-8(9)11(15-16)17-5-4-10(18)14-12(17)19/h2-6H,13H2,1H3,(H,14,18,19). The molecular formula is C12H11N5O2. The smallest absolute Gasteiger partial charge is 0.334 e. The van der Waals surface area contributed by atoms with Crippen LogP contribution in [0, 0.1) is 0 Å². The Kier molecular flexibility index (Phi) is 2.28. The van der Waals surface area contributed by atoms with Gasteiger partial charge in [0.1, 0.15) is 0 Å². The van der Waals surface area contributed by atoms with Gasteiger partial charge in [-0.15, -0.1) is 0 Å². The summed E-state index contributed by atoms with van der Waals surface area (Å²) in [6, 6.07) is 6.59. The van der Waals surface area contributed by atoms with Crippen molar-refractivity contribution in [2.24, 2.45) is 7.05 Å². The van der Waals surface area contributed by atoms with Gasteiger partial charge in [-0.2, -0.15) is 5.10 Å². The summed E-state index contributed by atoms with van der Waals surface area (Å²) in [6.07, 6.45) is 1.40. The van der Waals surface area contributed by atoms with E-state index in [1.165, 1.54) is 16.8 Å². The molecule has 96 valence electrons. The minimum Gasteiger partial charge on any atom is -0.399 e. The molecule has 2 heterocycles. The molecule has 0 unspecified atom stereocenters. The summed E-state index contributed by atoms with van der Waals surface area (Å²) in [7, 11) is 1.77. The number of nitrogen functional groups attached to an aromatic ring is 1. The van der Waals surface area contributed by atoms with Gasteiger partial charge in [0.25, 0.3) is 5.56 Å². The number of nitrogens with two attached hydrogens (primary N) is 1. The summed E-state index contributed by atoms with van der Waals surface area (Å²) in [5, 5.41) is 5.08. The Labute approximate surface area is 106 Å². The average Bonchev–Trinajstić information content (AvgIpc) is 2.66. The van der Waals surface area contributed by atoms with Crippen molar-refractivity contribution in [3.63, 3.8) is 0 Å². The van der Waals surface area contributed by atoms with Crippen molar-refractivity contribution in [2.45, 2.75) is 0 Å². The fourth-order valence-electron chi connectivity index (χ4n) is 2.02. The van der Waals surface area contributed by atoms with E-state index in [0.717, 1.165) is 10.9 Å². The first kappa shape index (κ1) is 11.3. The lowest BCUT2D eigenvalue weighted by Gasteiger charge is -2.00. The van der Waals surface area contributed by atoms with Gasteiger partial charge in [0, 0.05) is 30.4 Å². The van der Waals surface area contributed by atoms with Gasteiger partial charge in [0.05, 0.1) is 5.52 Å². The molecule has 0 saturated heterocycles. The number of hydrogen-bond acceptors (Lipinski definition) is 4. The van der Waals surface area contributed by atoms with Gasteiger partial charge >= 0.3 is 5.69 Å². The third-order valence-corrected chi connectivity index (χ3v) is 2.91. The number of fused-ring (bicyclic) bond motifs is 1. The second-order valence-corrected chi connectivity index (χ2v) is 4.20.